The van der Waals surface area contributed by atoms with Crippen LogP contribution in [0.25, 0.3) is 22.2 Å². The summed E-state index contributed by atoms with van der Waals surface area (Å²) in [5.41, 5.74) is 4.64. The van der Waals surface area contributed by atoms with E-state index in [1.165, 1.54) is 5.56 Å². The summed E-state index contributed by atoms with van der Waals surface area (Å²) in [6, 6.07) is 18.2. The van der Waals surface area contributed by atoms with E-state index in [9.17, 15) is 4.79 Å². The molecule has 0 radical (unpaired) electrons. The molecule has 4 rings (SSSR count). The van der Waals surface area contributed by atoms with Crippen molar-refractivity contribution in [2.24, 2.45) is 0 Å². The molecule has 0 atom stereocenters. The monoisotopic (exact) mass is 403 g/mol. The summed E-state index contributed by atoms with van der Waals surface area (Å²) in [6.07, 6.45) is 0. The molecule has 30 heavy (non-hydrogen) atoms. The summed E-state index contributed by atoms with van der Waals surface area (Å²) in [4.78, 5) is 20.2. The average molecular weight is 404 g/mol. The molecule has 0 saturated carbocycles. The van der Waals surface area contributed by atoms with E-state index < -0.39 is 0 Å². The number of nitrogens with one attached hydrogen (secondary N) is 1. The van der Waals surface area contributed by atoms with Crippen molar-refractivity contribution in [2.45, 2.75) is 19.8 Å². The van der Waals surface area contributed by atoms with Gasteiger partial charge in [-0.25, -0.2) is 4.98 Å². The number of rotatable bonds is 6. The van der Waals surface area contributed by atoms with Gasteiger partial charge in [-0.3, -0.25) is 9.69 Å². The average Bonchev–Trinajstić information content (AvgIpc) is 2.79. The van der Waals surface area contributed by atoms with Gasteiger partial charge in [0.2, 0.25) is 0 Å². The second-order valence-corrected chi connectivity index (χ2v) is 8.06. The van der Waals surface area contributed by atoms with Crippen molar-refractivity contribution >= 4 is 16.8 Å². The van der Waals surface area contributed by atoms with Crippen molar-refractivity contribution in [2.75, 3.05) is 39.4 Å². The molecule has 5 nitrogen and oxygen atoms in total. The number of nitrogens with zero attached hydrogens (tertiary/aromatic N) is 2. The second-order valence-electron chi connectivity index (χ2n) is 8.06. The molecule has 1 aromatic heterocycles. The zero-order valence-corrected chi connectivity index (χ0v) is 17.7. The van der Waals surface area contributed by atoms with Gasteiger partial charge in [0.15, 0.2) is 0 Å². The highest BCUT2D eigenvalue weighted by Crippen LogP contribution is 2.26. The number of pyridine rings is 1. The SMILES string of the molecule is CC(C)c1ccc(-c2cc(C(=O)NCCN3CCOCC3)c3ccccc3n2)cc1. The van der Waals surface area contributed by atoms with E-state index in [1.807, 2.05) is 30.3 Å². The summed E-state index contributed by atoms with van der Waals surface area (Å²) in [6.45, 7) is 9.19. The van der Waals surface area contributed by atoms with Crippen LogP contribution in [0.3, 0.4) is 0 Å². The van der Waals surface area contributed by atoms with E-state index in [2.05, 4.69) is 48.3 Å². The Morgan fingerprint density at radius 1 is 1.10 bits per heavy atom. The maximum absolute atomic E-state index is 13.0. The third-order valence-electron chi connectivity index (χ3n) is 5.65. The molecule has 2 aromatic carbocycles. The van der Waals surface area contributed by atoms with Crippen molar-refractivity contribution in [1.82, 2.24) is 15.2 Å². The number of carbonyl (C=O) groups is 1. The van der Waals surface area contributed by atoms with Crippen LogP contribution in [0.15, 0.2) is 54.6 Å². The maximum atomic E-state index is 13.0. The summed E-state index contributed by atoms with van der Waals surface area (Å²) in [5.74, 6) is 0.429. The fourth-order valence-corrected chi connectivity index (χ4v) is 3.80. The highest BCUT2D eigenvalue weighted by atomic mass is 16.5. The molecule has 1 amide bonds. The highest BCUT2D eigenvalue weighted by Gasteiger charge is 2.15. The molecule has 5 heteroatoms. The molecule has 1 aliphatic heterocycles. The molecule has 1 saturated heterocycles. The standard InChI is InChI=1S/C25H29N3O2/c1-18(2)19-7-9-20(10-8-19)24-17-22(21-5-3-4-6-23(21)27-24)25(29)26-11-12-28-13-15-30-16-14-28/h3-10,17-18H,11-16H2,1-2H3,(H,26,29). The molecule has 0 unspecified atom stereocenters. The van der Waals surface area contributed by atoms with Gasteiger partial charge < -0.3 is 10.1 Å². The Balaban J connectivity index is 1.57. The van der Waals surface area contributed by atoms with E-state index in [0.717, 1.165) is 55.0 Å². The van der Waals surface area contributed by atoms with Gasteiger partial charge in [-0.1, -0.05) is 56.3 Å². The number of aromatic nitrogens is 1. The molecule has 1 aliphatic rings. The minimum Gasteiger partial charge on any atom is -0.379 e. The summed E-state index contributed by atoms with van der Waals surface area (Å²) in [7, 11) is 0. The number of ether oxygens (including phenoxy) is 1. The first-order chi connectivity index (χ1) is 14.6. The number of benzene rings is 2. The van der Waals surface area contributed by atoms with Gasteiger partial charge in [0.25, 0.3) is 5.91 Å². The normalized spacial score (nSPS) is 14.9. The van der Waals surface area contributed by atoms with Gasteiger partial charge >= 0.3 is 0 Å². The van der Waals surface area contributed by atoms with Gasteiger partial charge in [0.05, 0.1) is 30.0 Å². The third-order valence-corrected chi connectivity index (χ3v) is 5.65. The van der Waals surface area contributed by atoms with Gasteiger partial charge in [-0.15, -0.1) is 0 Å². The molecule has 156 valence electrons. The zero-order chi connectivity index (χ0) is 20.9. The Morgan fingerprint density at radius 3 is 2.57 bits per heavy atom. The van der Waals surface area contributed by atoms with Crippen LogP contribution >= 0.6 is 0 Å². The maximum Gasteiger partial charge on any atom is 0.252 e. The number of amides is 1. The lowest BCUT2D eigenvalue weighted by molar-refractivity contribution is 0.0383. The first-order valence-corrected chi connectivity index (χ1v) is 10.7. The van der Waals surface area contributed by atoms with Crippen molar-refractivity contribution in [3.8, 4) is 11.3 Å². The lowest BCUT2D eigenvalue weighted by atomic mass is 9.99. The number of morpholine rings is 1. The second kappa shape index (κ2) is 9.37. The Bertz CT molecular complexity index is 1010. The number of para-hydroxylation sites is 1. The highest BCUT2D eigenvalue weighted by molar-refractivity contribution is 6.07. The van der Waals surface area contributed by atoms with Crippen LogP contribution in [0.1, 0.15) is 35.7 Å². The van der Waals surface area contributed by atoms with Crippen molar-refractivity contribution < 1.29 is 9.53 Å². The molecule has 2 heterocycles. The van der Waals surface area contributed by atoms with E-state index in [-0.39, 0.29) is 5.91 Å². The van der Waals surface area contributed by atoms with E-state index in [4.69, 9.17) is 9.72 Å². The number of hydrogen-bond donors (Lipinski definition) is 1. The van der Waals surface area contributed by atoms with E-state index in [0.29, 0.717) is 18.0 Å². The van der Waals surface area contributed by atoms with Gasteiger partial charge in [-0.2, -0.15) is 0 Å². The lowest BCUT2D eigenvalue weighted by Gasteiger charge is -2.26. The van der Waals surface area contributed by atoms with E-state index >= 15 is 0 Å². The third kappa shape index (κ3) is 4.69. The molecule has 0 bridgehead atoms. The van der Waals surface area contributed by atoms with Crippen LogP contribution in [-0.2, 0) is 4.74 Å². The van der Waals surface area contributed by atoms with Crippen LogP contribution in [-0.4, -0.2) is 55.2 Å². The van der Waals surface area contributed by atoms with Crippen LogP contribution in [0.2, 0.25) is 0 Å². The van der Waals surface area contributed by atoms with E-state index in [1.54, 1.807) is 0 Å². The van der Waals surface area contributed by atoms with Crippen LogP contribution < -0.4 is 5.32 Å². The Hall–Kier alpha value is -2.76. The van der Waals surface area contributed by atoms with Crippen molar-refractivity contribution in [1.29, 1.82) is 0 Å². The zero-order valence-electron chi connectivity index (χ0n) is 17.7. The Labute approximate surface area is 178 Å². The van der Waals surface area contributed by atoms with Gasteiger partial charge in [-0.05, 0) is 23.6 Å². The summed E-state index contributed by atoms with van der Waals surface area (Å²) >= 11 is 0. The molecule has 1 N–H and O–H groups in total. The first-order valence-electron chi connectivity index (χ1n) is 10.7. The first kappa shape index (κ1) is 20.5. The minimum atomic E-state index is -0.0538. The number of fused-ring (bicyclic) bond motifs is 1. The molecule has 0 aliphatic carbocycles. The molecule has 0 spiro atoms. The van der Waals surface area contributed by atoms with Crippen molar-refractivity contribution in [3.05, 3.63) is 65.7 Å². The Morgan fingerprint density at radius 2 is 1.83 bits per heavy atom. The fourth-order valence-electron chi connectivity index (χ4n) is 3.80. The van der Waals surface area contributed by atoms with Gasteiger partial charge in [0.1, 0.15) is 0 Å². The topological polar surface area (TPSA) is 54.5 Å². The fraction of sp³-hybridized carbons (Fsp3) is 0.360. The number of hydrogen-bond acceptors (Lipinski definition) is 4. The molecule has 1 fully saturated rings. The molecule has 3 aromatic rings. The van der Waals surface area contributed by atoms with Crippen LogP contribution in [0, 0.1) is 0 Å². The van der Waals surface area contributed by atoms with Crippen LogP contribution in [0.4, 0.5) is 0 Å². The largest absolute Gasteiger partial charge is 0.379 e. The van der Waals surface area contributed by atoms with Crippen molar-refractivity contribution in [3.63, 3.8) is 0 Å². The molecular formula is C25H29N3O2. The lowest BCUT2D eigenvalue weighted by Crippen LogP contribution is -2.41. The van der Waals surface area contributed by atoms with Crippen LogP contribution in [0.5, 0.6) is 0 Å². The summed E-state index contributed by atoms with van der Waals surface area (Å²) < 4.78 is 5.38. The Kier molecular flexibility index (Phi) is 6.41. The molecular weight excluding hydrogens is 374 g/mol. The smallest absolute Gasteiger partial charge is 0.252 e. The van der Waals surface area contributed by atoms with Gasteiger partial charge in [0, 0.05) is 37.1 Å². The minimum absolute atomic E-state index is 0.0538. The predicted molar refractivity (Wildman–Crippen MR) is 121 cm³/mol. The predicted octanol–water partition coefficient (Wildman–Crippen LogP) is 4.09. The number of carbonyl (C=O) groups excluding carboxylic acids is 1. The quantitative estimate of drug-likeness (QED) is 0.674. The summed E-state index contributed by atoms with van der Waals surface area (Å²) in [5, 5.41) is 3.97.